The lowest BCUT2D eigenvalue weighted by molar-refractivity contribution is -0.154. The van der Waals surface area contributed by atoms with Crippen molar-refractivity contribution in [3.63, 3.8) is 0 Å². The van der Waals surface area contributed by atoms with Crippen LogP contribution in [0.25, 0.3) is 0 Å². The Bertz CT molecular complexity index is 934. The van der Waals surface area contributed by atoms with Crippen LogP contribution >= 0.6 is 0 Å². The molecule has 0 bridgehead atoms. The Hall–Kier alpha value is -2.37. The maximum absolute atomic E-state index is 11.9. The molecule has 0 amide bonds. The highest BCUT2D eigenvalue weighted by atomic mass is 16.5. The first-order valence-corrected chi connectivity index (χ1v) is 11.3. The van der Waals surface area contributed by atoms with Crippen LogP contribution in [0.2, 0.25) is 0 Å². The molecule has 6 nitrogen and oxygen atoms in total. The summed E-state index contributed by atoms with van der Waals surface area (Å²) in [6.07, 6.45) is 5.78. The maximum Gasteiger partial charge on any atom is 0.308 e. The van der Waals surface area contributed by atoms with Crippen LogP contribution in [0.15, 0.2) is 6.07 Å². The summed E-state index contributed by atoms with van der Waals surface area (Å²) in [4.78, 5) is 35.1. The Morgan fingerprint density at radius 1 is 0.935 bits per heavy atom. The van der Waals surface area contributed by atoms with Crippen molar-refractivity contribution < 1.29 is 28.6 Å². The van der Waals surface area contributed by atoms with Gasteiger partial charge in [0.25, 0.3) is 0 Å². The molecule has 0 heterocycles. The van der Waals surface area contributed by atoms with Crippen LogP contribution in [0, 0.1) is 24.2 Å². The third kappa shape index (κ3) is 3.74. The number of benzene rings is 1. The molecule has 4 rings (SSSR count). The van der Waals surface area contributed by atoms with Gasteiger partial charge in [0.2, 0.25) is 0 Å². The van der Waals surface area contributed by atoms with E-state index in [2.05, 4.69) is 6.92 Å². The average Bonchev–Trinajstić information content (AvgIpc) is 3.00. The first-order valence-electron chi connectivity index (χ1n) is 11.3. The van der Waals surface area contributed by atoms with Gasteiger partial charge in [-0.3, -0.25) is 14.4 Å². The predicted molar refractivity (Wildman–Crippen MR) is 114 cm³/mol. The summed E-state index contributed by atoms with van der Waals surface area (Å²) in [6.45, 7) is 8.53. The van der Waals surface area contributed by atoms with E-state index in [0.717, 1.165) is 55.2 Å². The third-order valence-electron chi connectivity index (χ3n) is 7.94. The highest BCUT2D eigenvalue weighted by Crippen LogP contribution is 2.63. The molecular weight excluding hydrogens is 396 g/mol. The topological polar surface area (TPSA) is 78.9 Å². The van der Waals surface area contributed by atoms with Crippen molar-refractivity contribution in [1.29, 1.82) is 0 Å². The molecule has 2 fully saturated rings. The summed E-state index contributed by atoms with van der Waals surface area (Å²) >= 11 is 0. The SMILES string of the molecule is CC(=O)Oc1cc(OC(C)=O)c2c(c1C)CC[C@@H]1[C@@H]2CC[C@]2(C)[C@@H](OC(C)=O)CC[C@@H]12. The number of ether oxygens (including phenoxy) is 3. The van der Waals surface area contributed by atoms with Crippen LogP contribution in [0.4, 0.5) is 0 Å². The van der Waals surface area contributed by atoms with Crippen molar-refractivity contribution in [3.05, 3.63) is 22.8 Å². The largest absolute Gasteiger partial charge is 0.462 e. The number of carbonyl (C=O) groups excluding carboxylic acids is 3. The summed E-state index contributed by atoms with van der Waals surface area (Å²) in [5.41, 5.74) is 3.21. The van der Waals surface area contributed by atoms with Crippen molar-refractivity contribution in [2.75, 3.05) is 0 Å². The summed E-state index contributed by atoms with van der Waals surface area (Å²) in [6, 6.07) is 1.71. The summed E-state index contributed by atoms with van der Waals surface area (Å²) < 4.78 is 16.8. The fourth-order valence-electron chi connectivity index (χ4n) is 6.74. The number of hydrogen-bond donors (Lipinski definition) is 0. The van der Waals surface area contributed by atoms with Gasteiger partial charge in [0.05, 0.1) is 0 Å². The van der Waals surface area contributed by atoms with Crippen LogP contribution in [-0.4, -0.2) is 24.0 Å². The Morgan fingerprint density at radius 3 is 2.26 bits per heavy atom. The monoisotopic (exact) mass is 428 g/mol. The minimum absolute atomic E-state index is 0.00133. The second kappa shape index (κ2) is 7.95. The first-order chi connectivity index (χ1) is 14.6. The molecule has 0 aromatic heterocycles. The molecule has 0 unspecified atom stereocenters. The van der Waals surface area contributed by atoms with Crippen LogP contribution < -0.4 is 9.47 Å². The third-order valence-corrected chi connectivity index (χ3v) is 7.94. The number of fused-ring (bicyclic) bond motifs is 5. The van der Waals surface area contributed by atoms with Crippen LogP contribution in [0.5, 0.6) is 11.5 Å². The lowest BCUT2D eigenvalue weighted by Gasteiger charge is -2.50. The molecule has 1 aromatic carbocycles. The quantitative estimate of drug-likeness (QED) is 0.516. The molecule has 31 heavy (non-hydrogen) atoms. The molecule has 0 saturated heterocycles. The molecule has 3 aliphatic carbocycles. The Balaban J connectivity index is 1.73. The van der Waals surface area contributed by atoms with Crippen LogP contribution in [-0.2, 0) is 25.5 Å². The van der Waals surface area contributed by atoms with E-state index < -0.39 is 0 Å². The number of carbonyl (C=O) groups is 3. The van der Waals surface area contributed by atoms with Gasteiger partial charge in [-0.15, -0.1) is 0 Å². The Morgan fingerprint density at radius 2 is 1.61 bits per heavy atom. The van der Waals surface area contributed by atoms with Crippen molar-refractivity contribution in [3.8, 4) is 11.5 Å². The van der Waals surface area contributed by atoms with Gasteiger partial charge in [-0.25, -0.2) is 0 Å². The number of esters is 3. The first kappa shape index (κ1) is 21.8. The number of hydrogen-bond acceptors (Lipinski definition) is 6. The van der Waals surface area contributed by atoms with Gasteiger partial charge in [-0.05, 0) is 74.3 Å². The highest BCUT2D eigenvalue weighted by Gasteiger charge is 2.56. The lowest BCUT2D eigenvalue weighted by Crippen LogP contribution is -2.45. The van der Waals surface area contributed by atoms with Crippen LogP contribution in [0.3, 0.4) is 0 Å². The summed E-state index contributed by atoms with van der Waals surface area (Å²) in [7, 11) is 0. The zero-order valence-corrected chi connectivity index (χ0v) is 19.1. The van der Waals surface area contributed by atoms with Crippen molar-refractivity contribution in [2.24, 2.45) is 17.3 Å². The Kier molecular flexibility index (Phi) is 5.61. The van der Waals surface area contributed by atoms with Gasteiger partial charge >= 0.3 is 17.9 Å². The van der Waals surface area contributed by atoms with Gasteiger partial charge in [-0.1, -0.05) is 6.92 Å². The minimum Gasteiger partial charge on any atom is -0.462 e. The fraction of sp³-hybridized carbons (Fsp3) is 0.640. The average molecular weight is 429 g/mol. The molecule has 0 radical (unpaired) electrons. The molecule has 6 heteroatoms. The number of rotatable bonds is 3. The van der Waals surface area contributed by atoms with E-state index in [4.69, 9.17) is 14.2 Å². The van der Waals surface area contributed by atoms with Crippen molar-refractivity contribution in [1.82, 2.24) is 0 Å². The van der Waals surface area contributed by atoms with E-state index in [-0.39, 0.29) is 35.3 Å². The molecule has 3 aliphatic rings. The summed E-state index contributed by atoms with van der Waals surface area (Å²) in [5.74, 6) is 1.25. The van der Waals surface area contributed by atoms with E-state index in [1.807, 2.05) is 6.92 Å². The van der Waals surface area contributed by atoms with E-state index in [1.165, 1.54) is 20.8 Å². The maximum atomic E-state index is 11.9. The standard InChI is InChI=1S/C25H32O6/c1-13-17-6-7-18-19(10-11-25(5)20(18)8-9-23(25)31-16(4)28)24(17)22(30-15(3)27)12-21(13)29-14(2)26/h12,18-20,23H,6-11H2,1-5H3/t18-,19+,20+,23+,25+/m1/s1. The van der Waals surface area contributed by atoms with Gasteiger partial charge in [0.15, 0.2) is 0 Å². The highest BCUT2D eigenvalue weighted by molar-refractivity contribution is 5.73. The molecule has 0 spiro atoms. The van der Waals surface area contributed by atoms with E-state index >= 15 is 0 Å². The second-order valence-electron chi connectivity index (χ2n) is 9.71. The van der Waals surface area contributed by atoms with Crippen molar-refractivity contribution in [2.45, 2.75) is 85.2 Å². The molecular formula is C25H32O6. The molecule has 1 aromatic rings. The van der Waals surface area contributed by atoms with Crippen LogP contribution in [0.1, 0.15) is 82.4 Å². The van der Waals surface area contributed by atoms with Gasteiger partial charge in [0.1, 0.15) is 17.6 Å². The Labute approximate surface area is 183 Å². The lowest BCUT2D eigenvalue weighted by atomic mass is 9.55. The summed E-state index contributed by atoms with van der Waals surface area (Å²) in [5, 5.41) is 0. The minimum atomic E-state index is -0.388. The second-order valence-corrected chi connectivity index (χ2v) is 9.71. The van der Waals surface area contributed by atoms with Gasteiger partial charge < -0.3 is 14.2 Å². The molecule has 168 valence electrons. The van der Waals surface area contributed by atoms with Gasteiger partial charge in [0, 0.05) is 37.8 Å². The molecule has 0 N–H and O–H groups in total. The molecule has 5 atom stereocenters. The molecule has 2 saturated carbocycles. The van der Waals surface area contributed by atoms with Crippen molar-refractivity contribution >= 4 is 17.9 Å². The normalized spacial score (nSPS) is 31.1. The van der Waals surface area contributed by atoms with E-state index in [0.29, 0.717) is 23.3 Å². The predicted octanol–water partition coefficient (Wildman–Crippen LogP) is 4.63. The van der Waals surface area contributed by atoms with E-state index in [1.54, 1.807) is 6.07 Å². The zero-order valence-electron chi connectivity index (χ0n) is 19.1. The zero-order chi connectivity index (χ0) is 22.5. The smallest absolute Gasteiger partial charge is 0.308 e. The fourth-order valence-corrected chi connectivity index (χ4v) is 6.74. The molecule has 0 aliphatic heterocycles. The van der Waals surface area contributed by atoms with Gasteiger partial charge in [-0.2, -0.15) is 0 Å². The van der Waals surface area contributed by atoms with E-state index in [9.17, 15) is 14.4 Å².